The lowest BCUT2D eigenvalue weighted by molar-refractivity contribution is -0.124. The molecule has 0 saturated carbocycles. The summed E-state index contributed by atoms with van der Waals surface area (Å²) in [5.41, 5.74) is 1.46. The fourth-order valence-corrected chi connectivity index (χ4v) is 4.95. The van der Waals surface area contributed by atoms with Gasteiger partial charge in [0.05, 0.1) is 12.6 Å². The van der Waals surface area contributed by atoms with Crippen molar-refractivity contribution in [2.75, 3.05) is 47.4 Å². The molecule has 0 unspecified atom stereocenters. The van der Waals surface area contributed by atoms with Gasteiger partial charge in [0, 0.05) is 57.6 Å². The Morgan fingerprint density at radius 1 is 1.11 bits per heavy atom. The van der Waals surface area contributed by atoms with Crippen molar-refractivity contribution in [2.45, 2.75) is 13.0 Å². The van der Waals surface area contributed by atoms with Crippen LogP contribution in [0.3, 0.4) is 0 Å². The van der Waals surface area contributed by atoms with Crippen LogP contribution in [0.25, 0.3) is 10.9 Å². The lowest BCUT2D eigenvalue weighted by Gasteiger charge is -2.22. The maximum Gasteiger partial charge on any atom is 0.295 e. The minimum atomic E-state index is -0.655. The van der Waals surface area contributed by atoms with Crippen molar-refractivity contribution in [1.82, 2.24) is 19.7 Å². The fraction of sp³-hybridized carbons (Fsp3) is 0.360. The van der Waals surface area contributed by atoms with E-state index >= 15 is 0 Å². The molecule has 4 rings (SSSR count). The monoisotopic (exact) mass is 498 g/mol. The van der Waals surface area contributed by atoms with E-state index in [1.807, 2.05) is 0 Å². The number of methoxy groups -OCH3 is 1. The molecule has 0 aliphatic carbocycles. The summed E-state index contributed by atoms with van der Waals surface area (Å²) < 4.78 is 18.7. The molecule has 0 bridgehead atoms. The molecule has 1 aliphatic rings. The number of thiophene rings is 1. The number of pyridine rings is 1. The molecular formula is C25H27FN4O4S. The largest absolute Gasteiger partial charge is 0.494 e. The van der Waals surface area contributed by atoms with Crippen molar-refractivity contribution in [1.29, 1.82) is 0 Å². The predicted molar refractivity (Wildman–Crippen MR) is 131 cm³/mol. The number of nitrogens with zero attached hydrogens (tertiary/aromatic N) is 4. The molecule has 3 heterocycles. The van der Waals surface area contributed by atoms with Crippen LogP contribution in [0.5, 0.6) is 5.75 Å². The molecule has 3 aromatic rings. The zero-order chi connectivity index (χ0) is 25.1. The van der Waals surface area contributed by atoms with Crippen molar-refractivity contribution >= 4 is 39.8 Å². The Bertz CT molecular complexity index is 1260. The standard InChI is InChI=1S/C25H27FN4O4S/c1-28(2)25(33)22(31)23-20-17(15-35-23)13-19(34-3)21(27-20)24(32)30-10-4-9-29(11-12-30)14-16-5-7-18(26)8-6-16/h5-8,13,15H,4,9-12,14H2,1-3H3. The third kappa shape index (κ3) is 5.33. The summed E-state index contributed by atoms with van der Waals surface area (Å²) in [4.78, 5) is 48.3. The quantitative estimate of drug-likeness (QED) is 0.384. The Kier molecular flexibility index (Phi) is 7.42. The van der Waals surface area contributed by atoms with Gasteiger partial charge in [-0.2, -0.15) is 0 Å². The summed E-state index contributed by atoms with van der Waals surface area (Å²) in [6.07, 6.45) is 0.775. The summed E-state index contributed by atoms with van der Waals surface area (Å²) >= 11 is 1.13. The van der Waals surface area contributed by atoms with Crippen molar-refractivity contribution < 1.29 is 23.5 Å². The number of likely N-dealkylation sites (N-methyl/N-ethyl adjacent to an activating group) is 1. The number of hydrogen-bond donors (Lipinski definition) is 0. The van der Waals surface area contributed by atoms with Gasteiger partial charge in [0.1, 0.15) is 10.7 Å². The second kappa shape index (κ2) is 10.5. The number of halogens is 1. The number of aromatic nitrogens is 1. The number of benzene rings is 1. The molecule has 35 heavy (non-hydrogen) atoms. The Morgan fingerprint density at radius 2 is 1.86 bits per heavy atom. The number of amides is 2. The van der Waals surface area contributed by atoms with Gasteiger partial charge in [-0.05, 0) is 30.2 Å². The number of hydrogen-bond acceptors (Lipinski definition) is 7. The van der Waals surface area contributed by atoms with Crippen LogP contribution in [-0.4, -0.2) is 84.7 Å². The second-order valence-corrected chi connectivity index (χ2v) is 9.50. The first-order chi connectivity index (χ1) is 16.8. The SMILES string of the molecule is COc1cc2csc(C(=O)C(=O)N(C)C)c2nc1C(=O)N1CCCN(Cc2ccc(F)cc2)CC1. The Morgan fingerprint density at radius 3 is 2.54 bits per heavy atom. The van der Waals surface area contributed by atoms with E-state index < -0.39 is 11.7 Å². The zero-order valence-electron chi connectivity index (χ0n) is 19.9. The molecule has 8 nitrogen and oxygen atoms in total. The molecule has 0 N–H and O–H groups in total. The molecule has 2 amide bonds. The van der Waals surface area contributed by atoms with Crippen molar-refractivity contribution in [3.8, 4) is 5.75 Å². The van der Waals surface area contributed by atoms with E-state index in [4.69, 9.17) is 4.74 Å². The fourth-order valence-electron chi connectivity index (χ4n) is 4.06. The Labute approximate surface area is 206 Å². The smallest absolute Gasteiger partial charge is 0.295 e. The zero-order valence-corrected chi connectivity index (χ0v) is 20.7. The molecule has 1 aromatic carbocycles. The van der Waals surface area contributed by atoms with Crippen LogP contribution in [0, 0.1) is 5.82 Å². The minimum Gasteiger partial charge on any atom is -0.494 e. The van der Waals surface area contributed by atoms with Crippen LogP contribution >= 0.6 is 11.3 Å². The average molecular weight is 499 g/mol. The van der Waals surface area contributed by atoms with E-state index in [0.717, 1.165) is 29.9 Å². The normalized spacial score (nSPS) is 14.6. The second-order valence-electron chi connectivity index (χ2n) is 8.62. The maximum atomic E-state index is 13.5. The van der Waals surface area contributed by atoms with Crippen LogP contribution in [0.15, 0.2) is 35.7 Å². The van der Waals surface area contributed by atoms with Gasteiger partial charge in [-0.15, -0.1) is 11.3 Å². The average Bonchev–Trinajstić information content (AvgIpc) is 3.13. The lowest BCUT2D eigenvalue weighted by Crippen LogP contribution is -2.35. The van der Waals surface area contributed by atoms with E-state index in [2.05, 4.69) is 9.88 Å². The van der Waals surface area contributed by atoms with Crippen molar-refractivity contribution in [3.63, 3.8) is 0 Å². The van der Waals surface area contributed by atoms with Crippen LogP contribution in [0.2, 0.25) is 0 Å². The molecule has 10 heteroatoms. The van der Waals surface area contributed by atoms with Gasteiger partial charge in [0.15, 0.2) is 11.4 Å². The highest BCUT2D eigenvalue weighted by atomic mass is 32.1. The number of fused-ring (bicyclic) bond motifs is 1. The van der Waals surface area contributed by atoms with Crippen LogP contribution in [0.1, 0.15) is 32.1 Å². The molecule has 1 saturated heterocycles. The van der Waals surface area contributed by atoms with Crippen molar-refractivity contribution in [2.24, 2.45) is 0 Å². The molecular weight excluding hydrogens is 471 g/mol. The summed E-state index contributed by atoms with van der Waals surface area (Å²) in [6, 6.07) is 8.13. The van der Waals surface area contributed by atoms with Crippen LogP contribution < -0.4 is 4.74 Å². The predicted octanol–water partition coefficient (Wildman–Crippen LogP) is 3.06. The van der Waals surface area contributed by atoms with E-state index in [1.165, 1.54) is 38.2 Å². The number of carbonyl (C=O) groups is 3. The number of ketones is 1. The maximum absolute atomic E-state index is 13.5. The summed E-state index contributed by atoms with van der Waals surface area (Å²) in [5.74, 6) is -1.52. The molecule has 2 aromatic heterocycles. The number of rotatable bonds is 6. The molecule has 0 spiro atoms. The molecule has 184 valence electrons. The third-order valence-electron chi connectivity index (χ3n) is 5.96. The molecule has 1 aliphatic heterocycles. The van der Waals surface area contributed by atoms with Crippen LogP contribution in [-0.2, 0) is 11.3 Å². The summed E-state index contributed by atoms with van der Waals surface area (Å²) in [7, 11) is 4.50. The minimum absolute atomic E-state index is 0.122. The van der Waals surface area contributed by atoms with Gasteiger partial charge < -0.3 is 14.5 Å². The van der Waals surface area contributed by atoms with Gasteiger partial charge in [-0.3, -0.25) is 19.3 Å². The lowest BCUT2D eigenvalue weighted by atomic mass is 10.2. The number of carbonyl (C=O) groups excluding carboxylic acids is 3. The van der Waals surface area contributed by atoms with Crippen LogP contribution in [0.4, 0.5) is 4.39 Å². The Hall–Kier alpha value is -3.37. The molecule has 1 fully saturated rings. The molecule has 0 atom stereocenters. The first-order valence-electron chi connectivity index (χ1n) is 11.3. The number of ether oxygens (including phenoxy) is 1. The van der Waals surface area contributed by atoms with Gasteiger partial charge in [-0.25, -0.2) is 9.37 Å². The van der Waals surface area contributed by atoms with E-state index in [-0.39, 0.29) is 22.3 Å². The van der Waals surface area contributed by atoms with Gasteiger partial charge in [0.25, 0.3) is 17.6 Å². The summed E-state index contributed by atoms with van der Waals surface area (Å²) in [6.45, 7) is 3.19. The highest BCUT2D eigenvalue weighted by Gasteiger charge is 2.28. The van der Waals surface area contributed by atoms with Gasteiger partial charge >= 0.3 is 0 Å². The topological polar surface area (TPSA) is 83.0 Å². The Balaban J connectivity index is 1.55. The first-order valence-corrected chi connectivity index (χ1v) is 12.1. The van der Waals surface area contributed by atoms with E-state index in [1.54, 1.807) is 28.5 Å². The molecule has 0 radical (unpaired) electrons. The first kappa shape index (κ1) is 24.7. The highest BCUT2D eigenvalue weighted by Crippen LogP contribution is 2.31. The third-order valence-corrected chi connectivity index (χ3v) is 6.95. The number of Topliss-reactive ketones (excluding diaryl/α,β-unsaturated/α-hetero) is 1. The van der Waals surface area contributed by atoms with Crippen molar-refractivity contribution in [3.05, 3.63) is 57.7 Å². The highest BCUT2D eigenvalue weighted by molar-refractivity contribution is 7.14. The summed E-state index contributed by atoms with van der Waals surface area (Å²) in [5, 5.41) is 2.37. The van der Waals surface area contributed by atoms with E-state index in [0.29, 0.717) is 42.8 Å². The van der Waals surface area contributed by atoms with Gasteiger partial charge in [-0.1, -0.05) is 12.1 Å². The van der Waals surface area contributed by atoms with Gasteiger partial charge in [0.2, 0.25) is 0 Å². The van der Waals surface area contributed by atoms with E-state index in [9.17, 15) is 18.8 Å².